The van der Waals surface area contributed by atoms with E-state index in [4.69, 9.17) is 18.8 Å². The zero-order valence-electron chi connectivity index (χ0n) is 30.2. The summed E-state index contributed by atoms with van der Waals surface area (Å²) in [4.78, 5) is 10.5. The molecule has 0 aliphatic heterocycles. The van der Waals surface area contributed by atoms with E-state index in [9.17, 15) is 0 Å². The van der Waals surface area contributed by atoms with E-state index in [2.05, 4.69) is 140 Å². The first-order valence-electron chi connectivity index (χ1n) is 18.8. The molecule has 0 N–H and O–H groups in total. The maximum atomic E-state index is 6.23. The quantitative estimate of drug-likeness (QED) is 0.172. The van der Waals surface area contributed by atoms with E-state index in [0.717, 1.165) is 94.2 Å². The smallest absolute Gasteiger partial charge is 0.160 e. The Morgan fingerprint density at radius 2 is 0.732 bits per heavy atom. The Hall–Kier alpha value is -7.56. The zero-order valence-corrected chi connectivity index (χ0v) is 30.2. The van der Waals surface area contributed by atoms with E-state index < -0.39 is 0 Å². The Morgan fingerprint density at radius 3 is 1.39 bits per heavy atom. The first-order chi connectivity index (χ1) is 27.7. The Labute approximate surface area is 323 Å². The lowest BCUT2D eigenvalue weighted by atomic mass is 9.90. The Bertz CT molecular complexity index is 3250. The van der Waals surface area contributed by atoms with Crippen LogP contribution in [0, 0.1) is 0 Å². The summed E-state index contributed by atoms with van der Waals surface area (Å²) < 4.78 is 12.4. The van der Waals surface area contributed by atoms with Crippen molar-refractivity contribution >= 4 is 43.9 Å². The predicted octanol–water partition coefficient (Wildman–Crippen LogP) is 14.3. The number of hydrogen-bond acceptors (Lipinski definition) is 4. The second kappa shape index (κ2) is 13.1. The molecule has 0 aliphatic rings. The van der Waals surface area contributed by atoms with E-state index in [0.29, 0.717) is 5.82 Å². The van der Waals surface area contributed by atoms with Crippen LogP contribution in [0.4, 0.5) is 0 Å². The molecule has 0 amide bonds. The van der Waals surface area contributed by atoms with Gasteiger partial charge in [-0.15, -0.1) is 0 Å². The number of rotatable bonds is 6. The maximum Gasteiger partial charge on any atom is 0.160 e. The van der Waals surface area contributed by atoms with Crippen molar-refractivity contribution in [2.24, 2.45) is 0 Å². The van der Waals surface area contributed by atoms with Crippen LogP contribution >= 0.6 is 0 Å². The van der Waals surface area contributed by atoms with Crippen LogP contribution in [0.3, 0.4) is 0 Å². The molecule has 3 aromatic heterocycles. The summed E-state index contributed by atoms with van der Waals surface area (Å²) in [6, 6.07) is 67.6. The van der Waals surface area contributed by atoms with Crippen molar-refractivity contribution in [3.8, 4) is 67.3 Å². The third-order valence-corrected chi connectivity index (χ3v) is 10.7. The first-order valence-corrected chi connectivity index (χ1v) is 18.8. The van der Waals surface area contributed by atoms with Gasteiger partial charge in [0.2, 0.25) is 0 Å². The van der Waals surface area contributed by atoms with Gasteiger partial charge in [0.05, 0.1) is 11.4 Å². The zero-order chi connectivity index (χ0) is 37.0. The molecular weight excluding hydrogens is 685 g/mol. The van der Waals surface area contributed by atoms with Crippen LogP contribution in [0.25, 0.3) is 111 Å². The molecular formula is C52H32N2O2. The molecule has 0 saturated carbocycles. The minimum atomic E-state index is 0.665. The fraction of sp³-hybridized carbons (Fsp3) is 0. The van der Waals surface area contributed by atoms with Crippen molar-refractivity contribution in [2.45, 2.75) is 0 Å². The van der Waals surface area contributed by atoms with Crippen molar-refractivity contribution in [1.82, 2.24) is 9.97 Å². The molecule has 4 nitrogen and oxygen atoms in total. The van der Waals surface area contributed by atoms with Crippen molar-refractivity contribution in [1.29, 1.82) is 0 Å². The van der Waals surface area contributed by atoms with Crippen LogP contribution in [0.1, 0.15) is 0 Å². The number of hydrogen-bond donors (Lipinski definition) is 0. The summed E-state index contributed by atoms with van der Waals surface area (Å²) in [5, 5.41) is 4.33. The highest BCUT2D eigenvalue weighted by molar-refractivity contribution is 6.07. The Morgan fingerprint density at radius 1 is 0.268 bits per heavy atom. The predicted molar refractivity (Wildman–Crippen MR) is 229 cm³/mol. The monoisotopic (exact) mass is 716 g/mol. The van der Waals surface area contributed by atoms with Gasteiger partial charge in [-0.2, -0.15) is 0 Å². The van der Waals surface area contributed by atoms with Crippen LogP contribution in [0.2, 0.25) is 0 Å². The van der Waals surface area contributed by atoms with Crippen LogP contribution in [-0.2, 0) is 0 Å². The molecule has 11 rings (SSSR count). The molecule has 4 heteroatoms. The largest absolute Gasteiger partial charge is 0.456 e. The molecule has 0 fully saturated rings. The third kappa shape index (κ3) is 5.55. The average molecular weight is 717 g/mol. The highest BCUT2D eigenvalue weighted by atomic mass is 16.3. The van der Waals surface area contributed by atoms with Crippen molar-refractivity contribution in [3.63, 3.8) is 0 Å². The van der Waals surface area contributed by atoms with Crippen molar-refractivity contribution < 1.29 is 8.83 Å². The maximum absolute atomic E-state index is 6.23. The summed E-state index contributed by atoms with van der Waals surface area (Å²) in [6.45, 7) is 0. The van der Waals surface area contributed by atoms with Gasteiger partial charge in [-0.3, -0.25) is 0 Å². The van der Waals surface area contributed by atoms with Gasteiger partial charge in [0.25, 0.3) is 0 Å². The molecule has 3 heterocycles. The average Bonchev–Trinajstić information content (AvgIpc) is 3.84. The molecule has 0 bridgehead atoms. The Balaban J connectivity index is 1.15. The van der Waals surface area contributed by atoms with Crippen LogP contribution in [-0.4, -0.2) is 9.97 Å². The van der Waals surface area contributed by atoms with Crippen LogP contribution in [0.15, 0.2) is 203 Å². The molecule has 11 aromatic rings. The number of nitrogens with zero attached hydrogens (tertiary/aromatic N) is 2. The summed E-state index contributed by atoms with van der Waals surface area (Å²) >= 11 is 0. The highest BCUT2D eigenvalue weighted by Crippen LogP contribution is 2.40. The van der Waals surface area contributed by atoms with Gasteiger partial charge in [-0.1, -0.05) is 127 Å². The molecule has 0 spiro atoms. The number of aromatic nitrogens is 2. The SMILES string of the molecule is c1ccc(-c2nc(-c3cc(-c4ccc5oc6ccccc6c5c4)cc(-c4ccccc4-c4ccccc4)c3)cc(-c3ccc4oc5ccccc5c4c3)n2)cc1. The second-order valence-electron chi connectivity index (χ2n) is 14.2. The number of furan rings is 2. The molecule has 8 aromatic carbocycles. The molecule has 262 valence electrons. The number of benzene rings is 8. The van der Waals surface area contributed by atoms with Gasteiger partial charge in [0, 0.05) is 38.2 Å². The van der Waals surface area contributed by atoms with E-state index in [-0.39, 0.29) is 0 Å². The van der Waals surface area contributed by atoms with Crippen LogP contribution in [0.5, 0.6) is 0 Å². The van der Waals surface area contributed by atoms with Gasteiger partial charge >= 0.3 is 0 Å². The molecule has 0 saturated heterocycles. The number of fused-ring (bicyclic) bond motifs is 6. The summed E-state index contributed by atoms with van der Waals surface area (Å²) in [7, 11) is 0. The van der Waals surface area contributed by atoms with E-state index in [1.807, 2.05) is 54.6 Å². The minimum Gasteiger partial charge on any atom is -0.456 e. The lowest BCUT2D eigenvalue weighted by Gasteiger charge is -2.15. The third-order valence-electron chi connectivity index (χ3n) is 10.7. The van der Waals surface area contributed by atoms with Crippen molar-refractivity contribution in [3.05, 3.63) is 194 Å². The first kappa shape index (κ1) is 31.9. The molecule has 56 heavy (non-hydrogen) atoms. The van der Waals surface area contributed by atoms with E-state index in [1.54, 1.807) is 0 Å². The molecule has 0 unspecified atom stereocenters. The van der Waals surface area contributed by atoms with Gasteiger partial charge < -0.3 is 8.83 Å². The normalized spacial score (nSPS) is 11.6. The Kier molecular flexibility index (Phi) is 7.46. The van der Waals surface area contributed by atoms with Crippen molar-refractivity contribution in [2.75, 3.05) is 0 Å². The van der Waals surface area contributed by atoms with Gasteiger partial charge in [-0.25, -0.2) is 9.97 Å². The lowest BCUT2D eigenvalue weighted by Crippen LogP contribution is -1.97. The fourth-order valence-electron chi connectivity index (χ4n) is 7.95. The second-order valence-corrected chi connectivity index (χ2v) is 14.2. The molecule has 0 atom stereocenters. The topological polar surface area (TPSA) is 52.1 Å². The summed E-state index contributed by atoms with van der Waals surface area (Å²) in [6.07, 6.45) is 0. The highest BCUT2D eigenvalue weighted by Gasteiger charge is 2.17. The minimum absolute atomic E-state index is 0.665. The van der Waals surface area contributed by atoms with E-state index in [1.165, 1.54) is 11.1 Å². The van der Waals surface area contributed by atoms with Gasteiger partial charge in [0.15, 0.2) is 5.82 Å². The molecule has 0 radical (unpaired) electrons. The summed E-state index contributed by atoms with van der Waals surface area (Å²) in [5.41, 5.74) is 14.8. The lowest BCUT2D eigenvalue weighted by molar-refractivity contribution is 0.668. The standard InChI is InChI=1S/C52H32N2O2/c1-3-13-33(14-4-1)40-17-7-8-18-41(40)38-27-37(35-23-25-50-44(30-35)42-19-9-11-21-48(42)55-50)28-39(29-38)47-32-46(53-52(54-47)34-15-5-2-6-16-34)36-24-26-51-45(31-36)43-20-10-12-22-49(43)56-51/h1-32H. The van der Waals surface area contributed by atoms with Gasteiger partial charge in [-0.05, 0) is 100 Å². The molecule has 0 aliphatic carbocycles. The van der Waals surface area contributed by atoms with Crippen LogP contribution < -0.4 is 0 Å². The fourth-order valence-corrected chi connectivity index (χ4v) is 7.95. The number of para-hydroxylation sites is 2. The summed E-state index contributed by atoms with van der Waals surface area (Å²) in [5.74, 6) is 0.665. The van der Waals surface area contributed by atoms with E-state index >= 15 is 0 Å². The van der Waals surface area contributed by atoms with Gasteiger partial charge in [0.1, 0.15) is 22.3 Å².